The zero-order valence-corrected chi connectivity index (χ0v) is 13.1. The molecule has 1 saturated heterocycles. The number of carbonyl (C=O) groups is 2. The van der Waals surface area contributed by atoms with Gasteiger partial charge in [0.25, 0.3) is 0 Å². The molecule has 0 spiro atoms. The molecule has 1 heterocycles. The van der Waals surface area contributed by atoms with Crippen LogP contribution in [0.15, 0.2) is 22.7 Å². The van der Waals surface area contributed by atoms with Crippen LogP contribution < -0.4 is 5.32 Å². The molecule has 1 fully saturated rings. The number of carbonyl (C=O) groups excluding carboxylic acids is 2. The predicted molar refractivity (Wildman–Crippen MR) is 79.5 cm³/mol. The van der Waals surface area contributed by atoms with Crippen molar-refractivity contribution in [2.45, 2.75) is 20.0 Å². The summed E-state index contributed by atoms with van der Waals surface area (Å²) in [6, 6.07) is 5.54. The van der Waals surface area contributed by atoms with Gasteiger partial charge in [-0.1, -0.05) is 22.0 Å². The minimum Gasteiger partial charge on any atom is -0.375 e. The number of rotatable bonds is 1. The maximum Gasteiger partial charge on any atom is 0.313 e. The summed E-state index contributed by atoms with van der Waals surface area (Å²) in [5, 5.41) is 2.66. The number of ether oxygens (including phenoxy) is 1. The smallest absolute Gasteiger partial charge is 0.313 e. The molecule has 1 aromatic carbocycles. The number of hydrogen-bond acceptors (Lipinski definition) is 3. The first-order chi connectivity index (χ1) is 9.47. The van der Waals surface area contributed by atoms with Crippen LogP contribution >= 0.6 is 15.9 Å². The SMILES string of the molecule is Cc1ccc(Br)cc1NC(=O)C(=O)N1CCOC(C)C1. The van der Waals surface area contributed by atoms with E-state index >= 15 is 0 Å². The molecule has 6 heteroatoms. The van der Waals surface area contributed by atoms with Crippen LogP contribution in [0.2, 0.25) is 0 Å². The van der Waals surface area contributed by atoms with Gasteiger partial charge in [-0.2, -0.15) is 0 Å². The normalized spacial score (nSPS) is 18.8. The molecular formula is C14H17BrN2O3. The number of amides is 2. The Morgan fingerprint density at radius 3 is 2.90 bits per heavy atom. The van der Waals surface area contributed by atoms with E-state index < -0.39 is 11.8 Å². The Balaban J connectivity index is 2.04. The second kappa shape index (κ2) is 6.37. The third-order valence-electron chi connectivity index (χ3n) is 3.17. The molecule has 2 rings (SSSR count). The summed E-state index contributed by atoms with van der Waals surface area (Å²) < 4.78 is 6.21. The molecule has 1 aliphatic heterocycles. The highest BCUT2D eigenvalue weighted by atomic mass is 79.9. The summed E-state index contributed by atoms with van der Waals surface area (Å²) >= 11 is 3.34. The molecule has 1 atom stereocenters. The summed E-state index contributed by atoms with van der Waals surface area (Å²) in [5.41, 5.74) is 1.55. The lowest BCUT2D eigenvalue weighted by atomic mass is 10.2. The number of aryl methyl sites for hydroxylation is 1. The van der Waals surface area contributed by atoms with Crippen molar-refractivity contribution in [1.82, 2.24) is 4.90 Å². The fraction of sp³-hybridized carbons (Fsp3) is 0.429. The second-order valence-electron chi connectivity index (χ2n) is 4.85. The maximum absolute atomic E-state index is 12.1. The first kappa shape index (κ1) is 15.0. The molecule has 0 aromatic heterocycles. The first-order valence-corrected chi connectivity index (χ1v) is 7.24. The van der Waals surface area contributed by atoms with E-state index in [1.807, 2.05) is 26.0 Å². The minimum absolute atomic E-state index is 0.0342. The van der Waals surface area contributed by atoms with E-state index in [2.05, 4.69) is 21.2 Å². The van der Waals surface area contributed by atoms with Gasteiger partial charge < -0.3 is 15.0 Å². The standard InChI is InChI=1S/C14H17BrN2O3/c1-9-3-4-11(15)7-12(9)16-13(18)14(19)17-5-6-20-10(2)8-17/h3-4,7,10H,5-6,8H2,1-2H3,(H,16,18). The van der Waals surface area contributed by atoms with Crippen LogP contribution in [-0.4, -0.2) is 42.5 Å². The zero-order valence-electron chi connectivity index (χ0n) is 11.5. The number of nitrogens with zero attached hydrogens (tertiary/aromatic N) is 1. The average Bonchev–Trinajstić information content (AvgIpc) is 2.42. The maximum atomic E-state index is 12.1. The molecule has 1 aliphatic rings. The first-order valence-electron chi connectivity index (χ1n) is 6.45. The van der Waals surface area contributed by atoms with Crippen molar-refractivity contribution in [2.24, 2.45) is 0 Å². The second-order valence-corrected chi connectivity index (χ2v) is 5.76. The molecule has 1 unspecified atom stereocenters. The highest BCUT2D eigenvalue weighted by Gasteiger charge is 2.26. The Hall–Kier alpha value is -1.40. The van der Waals surface area contributed by atoms with Gasteiger partial charge >= 0.3 is 11.8 Å². The van der Waals surface area contributed by atoms with Gasteiger partial charge in [-0.15, -0.1) is 0 Å². The third kappa shape index (κ3) is 3.58. The fourth-order valence-corrected chi connectivity index (χ4v) is 2.41. The lowest BCUT2D eigenvalue weighted by molar-refractivity contribution is -0.147. The van der Waals surface area contributed by atoms with Crippen molar-refractivity contribution in [1.29, 1.82) is 0 Å². The summed E-state index contributed by atoms with van der Waals surface area (Å²) in [7, 11) is 0. The van der Waals surface area contributed by atoms with Crippen molar-refractivity contribution in [3.05, 3.63) is 28.2 Å². The van der Waals surface area contributed by atoms with Crippen molar-refractivity contribution < 1.29 is 14.3 Å². The lowest BCUT2D eigenvalue weighted by Gasteiger charge is -2.30. The zero-order chi connectivity index (χ0) is 14.7. The van der Waals surface area contributed by atoms with Gasteiger partial charge in [0.2, 0.25) is 0 Å². The number of halogens is 1. The van der Waals surface area contributed by atoms with E-state index in [0.29, 0.717) is 25.4 Å². The Bertz CT molecular complexity index is 533. The van der Waals surface area contributed by atoms with Crippen molar-refractivity contribution >= 4 is 33.4 Å². The van der Waals surface area contributed by atoms with Gasteiger partial charge in [-0.25, -0.2) is 0 Å². The number of hydrogen-bond donors (Lipinski definition) is 1. The number of anilines is 1. The fourth-order valence-electron chi connectivity index (χ4n) is 2.05. The molecular weight excluding hydrogens is 324 g/mol. The van der Waals surface area contributed by atoms with Crippen LogP contribution in [0.25, 0.3) is 0 Å². The molecule has 108 valence electrons. The van der Waals surface area contributed by atoms with Gasteiger partial charge in [0.15, 0.2) is 0 Å². The predicted octanol–water partition coefficient (Wildman–Crippen LogP) is 1.94. The molecule has 5 nitrogen and oxygen atoms in total. The Morgan fingerprint density at radius 2 is 2.20 bits per heavy atom. The van der Waals surface area contributed by atoms with Crippen molar-refractivity contribution in [2.75, 3.05) is 25.0 Å². The molecule has 2 amide bonds. The van der Waals surface area contributed by atoms with E-state index in [1.54, 1.807) is 6.07 Å². The molecule has 0 saturated carbocycles. The summed E-state index contributed by atoms with van der Waals surface area (Å²) in [4.78, 5) is 25.6. The largest absolute Gasteiger partial charge is 0.375 e. The minimum atomic E-state index is -0.611. The van der Waals surface area contributed by atoms with E-state index in [4.69, 9.17) is 4.74 Å². The summed E-state index contributed by atoms with van der Waals surface area (Å²) in [6.07, 6.45) is -0.0342. The Labute approximate surface area is 126 Å². The Kier molecular flexibility index (Phi) is 4.77. The highest BCUT2D eigenvalue weighted by molar-refractivity contribution is 9.10. The summed E-state index contributed by atoms with van der Waals surface area (Å²) in [6.45, 7) is 5.13. The van der Waals surface area contributed by atoms with Crippen LogP contribution in [0.3, 0.4) is 0 Å². The topological polar surface area (TPSA) is 58.6 Å². The van der Waals surface area contributed by atoms with E-state index in [0.717, 1.165) is 10.0 Å². The van der Waals surface area contributed by atoms with Crippen LogP contribution in [0.5, 0.6) is 0 Å². The average molecular weight is 341 g/mol. The molecule has 1 aromatic rings. The van der Waals surface area contributed by atoms with Crippen molar-refractivity contribution in [3.8, 4) is 0 Å². The Morgan fingerprint density at radius 1 is 1.45 bits per heavy atom. The monoisotopic (exact) mass is 340 g/mol. The van der Waals surface area contributed by atoms with Crippen LogP contribution in [0.1, 0.15) is 12.5 Å². The van der Waals surface area contributed by atoms with Crippen LogP contribution in [-0.2, 0) is 14.3 Å². The number of benzene rings is 1. The highest BCUT2D eigenvalue weighted by Crippen LogP contribution is 2.20. The van der Waals surface area contributed by atoms with E-state index in [1.165, 1.54) is 4.90 Å². The molecule has 1 N–H and O–H groups in total. The molecule has 20 heavy (non-hydrogen) atoms. The van der Waals surface area contributed by atoms with Crippen LogP contribution in [0.4, 0.5) is 5.69 Å². The number of morpholine rings is 1. The van der Waals surface area contributed by atoms with Gasteiger partial charge in [0.05, 0.1) is 12.7 Å². The quantitative estimate of drug-likeness (QED) is 0.795. The van der Waals surface area contributed by atoms with E-state index in [9.17, 15) is 9.59 Å². The molecule has 0 aliphatic carbocycles. The van der Waals surface area contributed by atoms with Gasteiger partial charge in [-0.3, -0.25) is 9.59 Å². The van der Waals surface area contributed by atoms with Crippen molar-refractivity contribution in [3.63, 3.8) is 0 Å². The van der Waals surface area contributed by atoms with Gasteiger partial charge in [0, 0.05) is 23.2 Å². The molecule has 0 bridgehead atoms. The third-order valence-corrected chi connectivity index (χ3v) is 3.66. The van der Waals surface area contributed by atoms with Crippen LogP contribution in [0, 0.1) is 6.92 Å². The van der Waals surface area contributed by atoms with E-state index in [-0.39, 0.29) is 6.10 Å². The molecule has 0 radical (unpaired) electrons. The summed E-state index contributed by atoms with van der Waals surface area (Å²) in [5.74, 6) is -1.13. The van der Waals surface area contributed by atoms with Gasteiger partial charge in [0.1, 0.15) is 0 Å². The number of nitrogens with one attached hydrogen (secondary N) is 1. The lowest BCUT2D eigenvalue weighted by Crippen LogP contribution is -2.48. The van der Waals surface area contributed by atoms with Gasteiger partial charge in [-0.05, 0) is 31.5 Å².